The summed E-state index contributed by atoms with van der Waals surface area (Å²) in [4.78, 5) is 2.43. The van der Waals surface area contributed by atoms with E-state index in [9.17, 15) is 0 Å². The third kappa shape index (κ3) is 5.40. The van der Waals surface area contributed by atoms with Gasteiger partial charge in [0.2, 0.25) is 0 Å². The Morgan fingerprint density at radius 3 is 1.96 bits per heavy atom. The van der Waals surface area contributed by atoms with Gasteiger partial charge in [-0.25, -0.2) is 0 Å². The maximum atomic E-state index is 2.43. The Morgan fingerprint density at radius 1 is 0.481 bits per heavy atom. The molecule has 1 atom stereocenters. The monoisotopic (exact) mass is 681 g/mol. The lowest BCUT2D eigenvalue weighted by Gasteiger charge is -2.31. The molecule has 1 aliphatic rings. The largest absolute Gasteiger partial charge is 0.310 e. The van der Waals surface area contributed by atoms with E-state index in [1.54, 1.807) is 0 Å². The minimum absolute atomic E-state index is 0.279. The van der Waals surface area contributed by atoms with Gasteiger partial charge in [0.1, 0.15) is 0 Å². The Balaban J connectivity index is 1.05. The first kappa shape index (κ1) is 30.6. The van der Waals surface area contributed by atoms with Crippen molar-refractivity contribution in [3.63, 3.8) is 0 Å². The van der Waals surface area contributed by atoms with E-state index in [0.29, 0.717) is 0 Å². The first-order valence-corrected chi connectivity index (χ1v) is 18.8. The molecule has 0 aliphatic heterocycles. The minimum atomic E-state index is 0.279. The molecule has 0 fully saturated rings. The van der Waals surface area contributed by atoms with E-state index in [2.05, 4.69) is 199 Å². The van der Waals surface area contributed by atoms with Crippen molar-refractivity contribution in [3.05, 3.63) is 205 Å². The fourth-order valence-corrected chi connectivity index (χ4v) is 9.18. The maximum absolute atomic E-state index is 2.43. The van der Waals surface area contributed by atoms with Crippen LogP contribution >= 0.6 is 11.3 Å². The van der Waals surface area contributed by atoms with Crippen LogP contribution in [0.25, 0.3) is 59.3 Å². The number of hydrogen-bond acceptors (Lipinski definition) is 2. The van der Waals surface area contributed by atoms with Gasteiger partial charge in [-0.05, 0) is 98.6 Å². The first-order valence-electron chi connectivity index (χ1n) is 18.0. The van der Waals surface area contributed by atoms with Crippen LogP contribution in [-0.4, -0.2) is 0 Å². The van der Waals surface area contributed by atoms with Gasteiger partial charge in [-0.15, -0.1) is 11.3 Å². The van der Waals surface area contributed by atoms with Crippen LogP contribution in [0.15, 0.2) is 188 Å². The molecule has 0 spiro atoms. The number of rotatable bonds is 6. The van der Waals surface area contributed by atoms with Crippen LogP contribution in [0.5, 0.6) is 0 Å². The molecule has 1 heterocycles. The minimum Gasteiger partial charge on any atom is -0.310 e. The van der Waals surface area contributed by atoms with Crippen LogP contribution in [0.4, 0.5) is 17.1 Å². The lowest BCUT2D eigenvalue weighted by atomic mass is 9.84. The molecule has 0 saturated carbocycles. The van der Waals surface area contributed by atoms with E-state index in [1.165, 1.54) is 75.6 Å². The molecule has 8 aromatic carbocycles. The molecule has 0 saturated heterocycles. The summed E-state index contributed by atoms with van der Waals surface area (Å²) in [7, 11) is 0. The van der Waals surface area contributed by atoms with Gasteiger partial charge in [0, 0.05) is 43.2 Å². The highest BCUT2D eigenvalue weighted by atomic mass is 32.1. The van der Waals surface area contributed by atoms with E-state index in [0.717, 1.165) is 17.8 Å². The van der Waals surface area contributed by atoms with Crippen molar-refractivity contribution < 1.29 is 0 Å². The Labute approximate surface area is 308 Å². The summed E-state index contributed by atoms with van der Waals surface area (Å²) in [6.07, 6.45) is 5.66. The third-order valence-electron chi connectivity index (χ3n) is 10.6. The second-order valence-corrected chi connectivity index (χ2v) is 14.8. The second-order valence-electron chi connectivity index (χ2n) is 13.7. The molecular formula is C50H35NS. The van der Waals surface area contributed by atoms with E-state index >= 15 is 0 Å². The smallest absolute Gasteiger partial charge is 0.0499 e. The average molecular weight is 682 g/mol. The van der Waals surface area contributed by atoms with E-state index in [4.69, 9.17) is 0 Å². The first-order chi connectivity index (χ1) is 25.8. The Morgan fingerprint density at radius 2 is 1.13 bits per heavy atom. The summed E-state index contributed by atoms with van der Waals surface area (Å²) in [5, 5.41) is 5.31. The van der Waals surface area contributed by atoms with E-state index in [-0.39, 0.29) is 5.92 Å². The number of benzene rings is 8. The van der Waals surface area contributed by atoms with Gasteiger partial charge in [0.25, 0.3) is 0 Å². The predicted molar refractivity (Wildman–Crippen MR) is 224 cm³/mol. The summed E-state index contributed by atoms with van der Waals surface area (Å²) in [6.45, 7) is 0. The van der Waals surface area contributed by atoms with Gasteiger partial charge < -0.3 is 4.90 Å². The highest BCUT2D eigenvalue weighted by Gasteiger charge is 2.23. The number of para-hydroxylation sites is 1. The molecule has 0 N–H and O–H groups in total. The normalized spacial score (nSPS) is 13.8. The van der Waals surface area contributed by atoms with Gasteiger partial charge in [0.05, 0.1) is 0 Å². The van der Waals surface area contributed by atoms with Crippen LogP contribution in [0, 0.1) is 0 Å². The number of anilines is 3. The van der Waals surface area contributed by atoms with Gasteiger partial charge in [-0.3, -0.25) is 0 Å². The molecule has 246 valence electrons. The van der Waals surface area contributed by atoms with Crippen molar-refractivity contribution in [3.8, 4) is 22.3 Å². The quantitative estimate of drug-likeness (QED) is 0.169. The summed E-state index contributed by atoms with van der Waals surface area (Å²) >= 11 is 1.88. The van der Waals surface area contributed by atoms with Crippen LogP contribution in [0.3, 0.4) is 0 Å². The van der Waals surface area contributed by atoms with Crippen LogP contribution in [0.1, 0.15) is 22.6 Å². The molecule has 0 radical (unpaired) electrons. The van der Waals surface area contributed by atoms with Crippen LogP contribution in [0.2, 0.25) is 0 Å². The fourth-order valence-electron chi connectivity index (χ4n) is 8.02. The lowest BCUT2D eigenvalue weighted by molar-refractivity contribution is 0.826. The fraction of sp³-hybridized carbons (Fsp3) is 0.0400. The summed E-state index contributed by atoms with van der Waals surface area (Å²) in [5.41, 5.74) is 12.4. The molecule has 9 aromatic rings. The van der Waals surface area contributed by atoms with E-state index in [1.807, 2.05) is 11.3 Å². The topological polar surface area (TPSA) is 3.24 Å². The third-order valence-corrected chi connectivity index (χ3v) is 11.8. The standard InChI is InChI=1S/C50H35NS/c1-2-10-34(11-3-1)36-20-26-42(27-21-36)51(47-17-9-8-15-44(47)41-19-18-35-12-4-5-14-39(35)32-41)43-28-22-37(23-29-43)40-24-30-46-49(33-40)52-48-31-25-38-13-6-7-16-45(38)50(46)48/h1-31,33,41H,32H2. The number of fused-ring (bicyclic) bond motifs is 6. The molecule has 1 nitrogen and oxygen atoms in total. The van der Waals surface area contributed by atoms with Crippen LogP contribution in [-0.2, 0) is 6.42 Å². The Bertz CT molecular complexity index is 2750. The second kappa shape index (κ2) is 12.8. The molecular weight excluding hydrogens is 647 g/mol. The zero-order valence-electron chi connectivity index (χ0n) is 28.6. The molecule has 10 rings (SSSR count). The zero-order chi connectivity index (χ0) is 34.4. The number of hydrogen-bond donors (Lipinski definition) is 0. The van der Waals surface area contributed by atoms with Crippen molar-refractivity contribution in [1.29, 1.82) is 0 Å². The number of allylic oxidation sites excluding steroid dienone is 1. The zero-order valence-corrected chi connectivity index (χ0v) is 29.4. The summed E-state index contributed by atoms with van der Waals surface area (Å²) in [6, 6.07) is 66.7. The van der Waals surface area contributed by atoms with Crippen LogP contribution < -0.4 is 4.90 Å². The Hall–Kier alpha value is -6.22. The summed E-state index contributed by atoms with van der Waals surface area (Å²) in [5.74, 6) is 0.279. The number of nitrogens with zero attached hydrogens (tertiary/aromatic N) is 1. The molecule has 1 unspecified atom stereocenters. The van der Waals surface area contributed by atoms with Crippen molar-refractivity contribution >= 4 is 65.4 Å². The van der Waals surface area contributed by atoms with Crippen molar-refractivity contribution in [2.45, 2.75) is 12.3 Å². The maximum Gasteiger partial charge on any atom is 0.0499 e. The van der Waals surface area contributed by atoms with Crippen molar-refractivity contribution in [2.75, 3.05) is 4.90 Å². The van der Waals surface area contributed by atoms with Crippen molar-refractivity contribution in [2.24, 2.45) is 0 Å². The highest BCUT2D eigenvalue weighted by molar-refractivity contribution is 7.26. The molecule has 0 bridgehead atoms. The molecule has 1 aliphatic carbocycles. The van der Waals surface area contributed by atoms with Crippen molar-refractivity contribution in [1.82, 2.24) is 0 Å². The van der Waals surface area contributed by atoms with Gasteiger partial charge >= 0.3 is 0 Å². The van der Waals surface area contributed by atoms with Gasteiger partial charge in [-0.2, -0.15) is 0 Å². The number of thiophene rings is 1. The molecule has 52 heavy (non-hydrogen) atoms. The average Bonchev–Trinajstić information content (AvgIpc) is 3.60. The molecule has 1 aromatic heterocycles. The highest BCUT2D eigenvalue weighted by Crippen LogP contribution is 2.44. The van der Waals surface area contributed by atoms with E-state index < -0.39 is 0 Å². The SMILES string of the molecule is C1=CC(c2ccccc2N(c2ccc(-c3ccccc3)cc2)c2ccc(-c3ccc4c(c3)sc3ccc5ccccc5c34)cc2)Cc2ccccc21. The molecule has 0 amide bonds. The predicted octanol–water partition coefficient (Wildman–Crippen LogP) is 14.4. The summed E-state index contributed by atoms with van der Waals surface area (Å²) < 4.78 is 2.66. The molecule has 2 heteroatoms. The lowest BCUT2D eigenvalue weighted by Crippen LogP contribution is -2.15. The van der Waals surface area contributed by atoms with Gasteiger partial charge in [-0.1, -0.05) is 152 Å². The van der Waals surface area contributed by atoms with Gasteiger partial charge in [0.15, 0.2) is 0 Å². The Kier molecular flexibility index (Phi) is 7.55.